The highest BCUT2D eigenvalue weighted by atomic mass is 32.2. The van der Waals surface area contributed by atoms with Gasteiger partial charge >= 0.3 is 0 Å². The molecule has 9 N–H and O–H groups in total. The van der Waals surface area contributed by atoms with Crippen molar-refractivity contribution in [1.29, 1.82) is 0 Å². The van der Waals surface area contributed by atoms with Crippen LogP contribution in [0.2, 0.25) is 0 Å². The van der Waals surface area contributed by atoms with Crippen LogP contribution in [-0.4, -0.2) is 62.1 Å². The Labute approximate surface area is 207 Å². The van der Waals surface area contributed by atoms with Crippen molar-refractivity contribution < 1.29 is 51.6 Å². The van der Waals surface area contributed by atoms with Gasteiger partial charge in [-0.05, 0) is 30.3 Å². The van der Waals surface area contributed by atoms with Gasteiger partial charge < -0.3 is 40.1 Å². The van der Waals surface area contributed by atoms with Crippen LogP contribution in [0.5, 0.6) is 11.5 Å². The van der Waals surface area contributed by atoms with Crippen molar-refractivity contribution in [1.82, 2.24) is 0 Å². The third-order valence-electron chi connectivity index (χ3n) is 4.63. The molecule has 0 radical (unpaired) electrons. The lowest BCUT2D eigenvalue weighted by molar-refractivity contribution is -0.494. The third kappa shape index (κ3) is 8.28. The van der Waals surface area contributed by atoms with Crippen LogP contribution >= 0.6 is 0 Å². The Morgan fingerprint density at radius 2 is 1.58 bits per heavy atom. The second-order valence-electron chi connectivity index (χ2n) is 7.62. The summed E-state index contributed by atoms with van der Waals surface area (Å²) in [6.07, 6.45) is 1.43. The van der Waals surface area contributed by atoms with Crippen LogP contribution in [0.25, 0.3) is 0 Å². The Balaban J connectivity index is 0.000000493. The van der Waals surface area contributed by atoms with Crippen LogP contribution < -0.4 is 20.9 Å². The average molecular weight is 546 g/mol. The van der Waals surface area contributed by atoms with Gasteiger partial charge in [-0.3, -0.25) is 0 Å². The molecule has 0 bridgehead atoms. The molecule has 198 valence electrons. The van der Waals surface area contributed by atoms with E-state index in [0.717, 1.165) is 6.07 Å². The second kappa shape index (κ2) is 12.3. The zero-order chi connectivity index (χ0) is 27.0. The van der Waals surface area contributed by atoms with Crippen molar-refractivity contribution >= 4 is 25.8 Å². The normalized spacial score (nSPS) is 11.9. The minimum absolute atomic E-state index is 0.0506. The summed E-state index contributed by atoms with van der Waals surface area (Å²) in [7, 11) is -9.40. The SMILES string of the molecule is NS(=O)(=O)c1cc(S(=O)(=O)[O-])c(NCc2ccco2)cc1Oc1ccccc1.[NH3+]C(CO)(CO)CO. The molecule has 3 aromatic rings. The molecule has 0 aliphatic carbocycles. The Morgan fingerprint density at radius 1 is 0.972 bits per heavy atom. The molecule has 0 saturated heterocycles. The summed E-state index contributed by atoms with van der Waals surface area (Å²) in [5, 5.41) is 33.1. The average Bonchev–Trinajstić information content (AvgIpc) is 3.35. The van der Waals surface area contributed by atoms with Crippen LogP contribution in [0.15, 0.2) is 75.1 Å². The molecule has 0 atom stereocenters. The largest absolute Gasteiger partial charge is 0.744 e. The predicted octanol–water partition coefficient (Wildman–Crippen LogP) is -0.820. The lowest BCUT2D eigenvalue weighted by Crippen LogP contribution is -2.78. The highest BCUT2D eigenvalue weighted by Gasteiger charge is 2.25. The van der Waals surface area contributed by atoms with E-state index in [9.17, 15) is 21.4 Å². The standard InChI is InChI=1S/C17H16N2O7S2.C4H11NO3/c18-27(20,21)17-10-16(28(22,23)24)14(19-11-13-7-4-8-25-13)9-15(17)26-12-5-2-1-3-6-12;5-4(1-6,2-7)3-8/h1-10,19H,11H2,(H2,18,20,21)(H,22,23,24);6-8H,1-3,5H2. The first-order valence-electron chi connectivity index (χ1n) is 10.2. The van der Waals surface area contributed by atoms with Crippen LogP contribution in [0.1, 0.15) is 5.76 Å². The van der Waals surface area contributed by atoms with Crippen molar-refractivity contribution in [3.05, 3.63) is 66.6 Å². The van der Waals surface area contributed by atoms with Crippen LogP contribution in [-0.2, 0) is 26.7 Å². The number of para-hydroxylation sites is 1. The summed E-state index contributed by atoms with van der Waals surface area (Å²) in [5.41, 5.74) is 2.27. The molecular weight excluding hydrogens is 518 g/mol. The smallest absolute Gasteiger partial charge is 0.241 e. The third-order valence-corrected chi connectivity index (χ3v) is 6.44. The second-order valence-corrected chi connectivity index (χ2v) is 10.5. The van der Waals surface area contributed by atoms with E-state index < -0.39 is 35.5 Å². The number of nitrogens with one attached hydrogen (secondary N) is 1. The Morgan fingerprint density at radius 3 is 2.03 bits per heavy atom. The molecule has 1 aromatic heterocycles. The van der Waals surface area contributed by atoms with E-state index in [1.165, 1.54) is 6.26 Å². The van der Waals surface area contributed by atoms with E-state index in [-0.39, 0.29) is 37.8 Å². The number of sulfonamides is 1. The number of ether oxygens (including phenoxy) is 1. The highest BCUT2D eigenvalue weighted by molar-refractivity contribution is 7.89. The van der Waals surface area contributed by atoms with Gasteiger partial charge in [0.05, 0.1) is 23.4 Å². The lowest BCUT2D eigenvalue weighted by Gasteiger charge is -2.18. The van der Waals surface area contributed by atoms with Crippen LogP contribution in [0.3, 0.4) is 0 Å². The molecule has 13 nitrogen and oxygen atoms in total. The number of rotatable bonds is 10. The summed E-state index contributed by atoms with van der Waals surface area (Å²) >= 11 is 0. The quantitative estimate of drug-likeness (QED) is 0.172. The predicted molar refractivity (Wildman–Crippen MR) is 125 cm³/mol. The molecule has 0 fully saturated rings. The molecule has 15 heteroatoms. The molecule has 2 aromatic carbocycles. The topological polar surface area (TPSA) is 240 Å². The monoisotopic (exact) mass is 545 g/mol. The Kier molecular flexibility index (Phi) is 9.97. The number of benzene rings is 2. The Bertz CT molecular complexity index is 1320. The first kappa shape index (κ1) is 29.2. The van der Waals surface area contributed by atoms with E-state index in [0.29, 0.717) is 17.6 Å². The molecule has 0 amide bonds. The van der Waals surface area contributed by atoms with Crippen LogP contribution in [0, 0.1) is 0 Å². The van der Waals surface area contributed by atoms with Gasteiger partial charge in [0.1, 0.15) is 52.1 Å². The minimum atomic E-state index is -5.02. The molecule has 1 heterocycles. The zero-order valence-corrected chi connectivity index (χ0v) is 20.5. The van der Waals surface area contributed by atoms with Gasteiger partial charge in [-0.1, -0.05) is 18.2 Å². The fourth-order valence-electron chi connectivity index (χ4n) is 2.55. The number of primary sulfonamides is 1. The van der Waals surface area contributed by atoms with Gasteiger partial charge in [0.15, 0.2) is 5.54 Å². The van der Waals surface area contributed by atoms with E-state index in [1.54, 1.807) is 42.5 Å². The molecule has 0 spiro atoms. The van der Waals surface area contributed by atoms with Crippen LogP contribution in [0.4, 0.5) is 5.69 Å². The van der Waals surface area contributed by atoms with Gasteiger partial charge in [0.2, 0.25) is 10.0 Å². The maximum atomic E-state index is 11.9. The first-order chi connectivity index (χ1) is 16.8. The molecule has 0 saturated carbocycles. The summed E-state index contributed by atoms with van der Waals surface area (Å²) in [6.45, 7) is -0.824. The van der Waals surface area contributed by atoms with Gasteiger partial charge in [0.25, 0.3) is 0 Å². The number of hydrogen-bond donors (Lipinski definition) is 6. The first-order valence-corrected chi connectivity index (χ1v) is 13.1. The van der Waals surface area contributed by atoms with Gasteiger partial charge in [-0.25, -0.2) is 22.0 Å². The fourth-order valence-corrected chi connectivity index (χ4v) is 3.95. The van der Waals surface area contributed by atoms with Crippen molar-refractivity contribution in [2.75, 3.05) is 25.1 Å². The van der Waals surface area contributed by atoms with E-state index >= 15 is 0 Å². The van der Waals surface area contributed by atoms with Crippen molar-refractivity contribution in [3.8, 4) is 11.5 Å². The van der Waals surface area contributed by atoms with E-state index in [4.69, 9.17) is 29.6 Å². The number of hydrogen-bond acceptors (Lipinski definition) is 11. The summed E-state index contributed by atoms with van der Waals surface area (Å²) in [5.74, 6) is 0.528. The zero-order valence-electron chi connectivity index (χ0n) is 18.9. The number of quaternary nitrogens is 1. The number of aliphatic hydroxyl groups is 3. The van der Waals surface area contributed by atoms with Gasteiger partial charge in [-0.2, -0.15) is 0 Å². The Hall–Kier alpha value is -3.02. The lowest BCUT2D eigenvalue weighted by atomic mass is 10.1. The van der Waals surface area contributed by atoms with Gasteiger partial charge in [0, 0.05) is 6.07 Å². The molecule has 0 aliphatic rings. The molecular formula is C21H27N3O10S2. The molecule has 0 aliphatic heterocycles. The minimum Gasteiger partial charge on any atom is -0.744 e. The molecule has 36 heavy (non-hydrogen) atoms. The van der Waals surface area contributed by atoms with Crippen molar-refractivity contribution in [3.63, 3.8) is 0 Å². The summed E-state index contributed by atoms with van der Waals surface area (Å²) < 4.78 is 69.6. The highest BCUT2D eigenvalue weighted by Crippen LogP contribution is 2.35. The number of furan rings is 1. The maximum absolute atomic E-state index is 11.9. The van der Waals surface area contributed by atoms with E-state index in [2.05, 4.69) is 11.1 Å². The van der Waals surface area contributed by atoms with Crippen molar-refractivity contribution in [2.24, 2.45) is 5.14 Å². The van der Waals surface area contributed by atoms with Gasteiger partial charge in [-0.15, -0.1) is 0 Å². The molecule has 0 unspecified atom stereocenters. The fraction of sp³-hybridized carbons (Fsp3) is 0.238. The number of aliphatic hydroxyl groups excluding tert-OH is 3. The number of anilines is 1. The van der Waals surface area contributed by atoms with E-state index in [1.807, 2.05) is 0 Å². The summed E-state index contributed by atoms with van der Waals surface area (Å²) in [6, 6.07) is 13.3. The maximum Gasteiger partial charge on any atom is 0.241 e. The number of nitrogens with two attached hydrogens (primary N) is 1. The van der Waals surface area contributed by atoms with Crippen molar-refractivity contribution in [2.45, 2.75) is 21.9 Å². The molecule has 3 rings (SSSR count). The summed E-state index contributed by atoms with van der Waals surface area (Å²) in [4.78, 5) is -1.40.